The Morgan fingerprint density at radius 1 is 1.17 bits per heavy atom. The van der Waals surface area contributed by atoms with E-state index in [1.165, 1.54) is 4.31 Å². The van der Waals surface area contributed by atoms with Crippen LogP contribution in [-0.4, -0.2) is 86.8 Å². The van der Waals surface area contributed by atoms with Gasteiger partial charge in [0.1, 0.15) is 0 Å². The van der Waals surface area contributed by atoms with E-state index in [2.05, 4.69) is 31.0 Å². The van der Waals surface area contributed by atoms with Crippen LogP contribution in [0.15, 0.2) is 29.2 Å². The minimum Gasteiger partial charge on any atom is -0.339 e. The highest BCUT2D eigenvalue weighted by Crippen LogP contribution is 2.24. The molecule has 2 aliphatic heterocycles. The Kier molecular flexibility index (Phi) is 7.90. The molecule has 1 atom stereocenters. The average molecular weight is 437 g/mol. The van der Waals surface area contributed by atoms with Gasteiger partial charge in [0, 0.05) is 38.8 Å². The molecule has 2 fully saturated rings. The van der Waals surface area contributed by atoms with Crippen LogP contribution < -0.4 is 5.32 Å². The molecule has 1 aromatic rings. The molecule has 1 aromatic carbocycles. The number of benzene rings is 1. The van der Waals surface area contributed by atoms with Gasteiger partial charge in [-0.1, -0.05) is 32.9 Å². The number of sulfonamides is 1. The van der Waals surface area contributed by atoms with E-state index in [1.807, 2.05) is 12.1 Å². The van der Waals surface area contributed by atoms with Gasteiger partial charge in [0.2, 0.25) is 15.9 Å². The Balaban J connectivity index is 1.83. The van der Waals surface area contributed by atoms with Crippen LogP contribution in [0.5, 0.6) is 0 Å². The molecule has 7 nitrogen and oxygen atoms in total. The number of carbonyl (C=O) groups is 1. The Hall–Kier alpha value is -1.48. The van der Waals surface area contributed by atoms with Gasteiger partial charge in [-0.05, 0) is 49.5 Å². The summed E-state index contributed by atoms with van der Waals surface area (Å²) in [4.78, 5) is 17.3. The average Bonchev–Trinajstić information content (AvgIpc) is 3.21. The zero-order valence-corrected chi connectivity index (χ0v) is 19.3. The van der Waals surface area contributed by atoms with E-state index in [0.717, 1.165) is 44.6 Å². The maximum absolute atomic E-state index is 13.5. The maximum Gasteiger partial charge on any atom is 0.243 e. The van der Waals surface area contributed by atoms with Crippen molar-refractivity contribution < 1.29 is 13.2 Å². The van der Waals surface area contributed by atoms with Gasteiger partial charge in [0.15, 0.2) is 0 Å². The van der Waals surface area contributed by atoms with Crippen molar-refractivity contribution in [3.8, 4) is 0 Å². The summed E-state index contributed by atoms with van der Waals surface area (Å²) in [7, 11) is -3.75. The minimum atomic E-state index is -3.75. The van der Waals surface area contributed by atoms with E-state index in [9.17, 15) is 13.2 Å². The first kappa shape index (κ1) is 23.2. The van der Waals surface area contributed by atoms with Crippen LogP contribution >= 0.6 is 0 Å². The van der Waals surface area contributed by atoms with Crippen LogP contribution in [0.25, 0.3) is 0 Å². The first-order chi connectivity index (χ1) is 14.3. The zero-order valence-electron chi connectivity index (χ0n) is 18.5. The third kappa shape index (κ3) is 5.41. The maximum atomic E-state index is 13.5. The van der Waals surface area contributed by atoms with Crippen LogP contribution in [0.3, 0.4) is 0 Å². The second-order valence-corrected chi connectivity index (χ2v) is 10.5. The van der Waals surface area contributed by atoms with Crippen LogP contribution in [-0.2, 0) is 14.8 Å². The molecule has 1 N–H and O–H groups in total. The Morgan fingerprint density at radius 3 is 2.43 bits per heavy atom. The predicted octanol–water partition coefficient (Wildman–Crippen LogP) is 1.72. The molecule has 2 heterocycles. The minimum absolute atomic E-state index is 0.0949. The number of amides is 1. The lowest BCUT2D eigenvalue weighted by Gasteiger charge is -2.32. The molecule has 0 spiro atoms. The number of nitrogens with zero attached hydrogens (tertiary/aromatic N) is 3. The molecule has 0 aliphatic carbocycles. The highest BCUT2D eigenvalue weighted by Gasteiger charge is 2.34. The van der Waals surface area contributed by atoms with Crippen molar-refractivity contribution in [1.82, 2.24) is 19.4 Å². The van der Waals surface area contributed by atoms with Crippen LogP contribution in [0.1, 0.15) is 45.1 Å². The molecule has 0 bridgehead atoms. The highest BCUT2D eigenvalue weighted by atomic mass is 32.2. The van der Waals surface area contributed by atoms with Gasteiger partial charge in [-0.25, -0.2) is 8.42 Å². The number of hydrogen-bond acceptors (Lipinski definition) is 5. The molecule has 0 radical (unpaired) electrons. The first-order valence-corrected chi connectivity index (χ1v) is 12.6. The fourth-order valence-electron chi connectivity index (χ4n) is 4.34. The summed E-state index contributed by atoms with van der Waals surface area (Å²) in [6, 6.07) is 7.28. The van der Waals surface area contributed by atoms with Crippen molar-refractivity contribution in [3.63, 3.8) is 0 Å². The lowest BCUT2D eigenvalue weighted by atomic mass is 10.0. The third-order valence-corrected chi connectivity index (χ3v) is 8.11. The molecular formula is C22H36N4O3S. The number of rotatable bonds is 8. The second kappa shape index (κ2) is 10.2. The molecule has 2 saturated heterocycles. The summed E-state index contributed by atoms with van der Waals surface area (Å²) in [6.07, 6.45) is 2.04. The number of hydrogen-bond donors (Lipinski definition) is 1. The summed E-state index contributed by atoms with van der Waals surface area (Å²) in [5.41, 5.74) is 1.10. The van der Waals surface area contributed by atoms with Gasteiger partial charge in [0.25, 0.3) is 0 Å². The number of piperazine rings is 1. The monoisotopic (exact) mass is 436 g/mol. The summed E-state index contributed by atoms with van der Waals surface area (Å²) in [5.74, 6) is 0.226. The fourth-order valence-corrected chi connectivity index (χ4v) is 5.77. The van der Waals surface area contributed by atoms with Crippen LogP contribution in [0, 0.1) is 0 Å². The van der Waals surface area contributed by atoms with E-state index < -0.39 is 10.0 Å². The lowest BCUT2D eigenvalue weighted by Crippen LogP contribution is -2.52. The van der Waals surface area contributed by atoms with E-state index in [-0.39, 0.29) is 23.4 Å². The molecule has 1 amide bonds. The van der Waals surface area contributed by atoms with Gasteiger partial charge >= 0.3 is 0 Å². The van der Waals surface area contributed by atoms with Gasteiger partial charge in [0.05, 0.1) is 11.4 Å². The fraction of sp³-hybridized carbons (Fsp3) is 0.682. The standard InChI is InChI=1S/C22H36N4O3S/c1-4-24-13-5-6-20(24)16-26(17-22(27)25-14-11-23-12-15-25)30(28,29)21-9-7-19(8-10-21)18(2)3/h7-10,18,20,23H,4-6,11-17H2,1-3H3. The molecule has 30 heavy (non-hydrogen) atoms. The molecule has 3 rings (SSSR count). The quantitative estimate of drug-likeness (QED) is 0.672. The smallest absolute Gasteiger partial charge is 0.243 e. The molecule has 0 aromatic heterocycles. The van der Waals surface area contributed by atoms with Crippen molar-refractivity contribution in [2.75, 3.05) is 52.4 Å². The number of carbonyl (C=O) groups excluding carboxylic acids is 1. The normalized spacial score (nSPS) is 21.0. The molecular weight excluding hydrogens is 400 g/mol. The number of likely N-dealkylation sites (N-methyl/N-ethyl adjacent to an activating group) is 1. The Bertz CT molecular complexity index is 804. The number of likely N-dealkylation sites (tertiary alicyclic amines) is 1. The van der Waals surface area contributed by atoms with Gasteiger partial charge in [-0.2, -0.15) is 4.31 Å². The summed E-state index contributed by atoms with van der Waals surface area (Å²) in [5, 5.41) is 3.23. The SMILES string of the molecule is CCN1CCCC1CN(CC(=O)N1CCNCC1)S(=O)(=O)c1ccc(C(C)C)cc1. The molecule has 8 heteroatoms. The highest BCUT2D eigenvalue weighted by molar-refractivity contribution is 7.89. The van der Waals surface area contributed by atoms with Crippen molar-refractivity contribution in [1.29, 1.82) is 0 Å². The zero-order chi connectivity index (χ0) is 21.7. The van der Waals surface area contributed by atoms with Crippen molar-refractivity contribution in [3.05, 3.63) is 29.8 Å². The van der Waals surface area contributed by atoms with E-state index in [1.54, 1.807) is 17.0 Å². The Labute approximate surface area is 181 Å². The summed E-state index contributed by atoms with van der Waals surface area (Å²) in [6.45, 7) is 11.2. The first-order valence-electron chi connectivity index (χ1n) is 11.2. The van der Waals surface area contributed by atoms with E-state index >= 15 is 0 Å². The topological polar surface area (TPSA) is 73.0 Å². The Morgan fingerprint density at radius 2 is 1.83 bits per heavy atom. The van der Waals surface area contributed by atoms with Crippen molar-refractivity contribution in [2.24, 2.45) is 0 Å². The predicted molar refractivity (Wildman–Crippen MR) is 119 cm³/mol. The summed E-state index contributed by atoms with van der Waals surface area (Å²) >= 11 is 0. The second-order valence-electron chi connectivity index (χ2n) is 8.58. The number of nitrogens with one attached hydrogen (secondary N) is 1. The van der Waals surface area contributed by atoms with Crippen molar-refractivity contribution in [2.45, 2.75) is 50.5 Å². The van der Waals surface area contributed by atoms with E-state index in [4.69, 9.17) is 0 Å². The van der Waals surface area contributed by atoms with Gasteiger partial charge in [-0.15, -0.1) is 0 Å². The largest absolute Gasteiger partial charge is 0.339 e. The van der Waals surface area contributed by atoms with Gasteiger partial charge in [-0.3, -0.25) is 9.69 Å². The molecule has 1 unspecified atom stereocenters. The summed E-state index contributed by atoms with van der Waals surface area (Å²) < 4.78 is 28.5. The van der Waals surface area contributed by atoms with E-state index in [0.29, 0.717) is 25.6 Å². The van der Waals surface area contributed by atoms with Crippen LogP contribution in [0.4, 0.5) is 0 Å². The van der Waals surface area contributed by atoms with Crippen molar-refractivity contribution >= 4 is 15.9 Å². The molecule has 2 aliphatic rings. The lowest BCUT2D eigenvalue weighted by molar-refractivity contribution is -0.132. The molecule has 0 saturated carbocycles. The third-order valence-electron chi connectivity index (χ3n) is 6.29. The molecule has 168 valence electrons. The van der Waals surface area contributed by atoms with Crippen LogP contribution in [0.2, 0.25) is 0 Å². The van der Waals surface area contributed by atoms with Gasteiger partial charge < -0.3 is 10.2 Å².